The van der Waals surface area contributed by atoms with Crippen molar-refractivity contribution in [3.8, 4) is 0 Å². The topological polar surface area (TPSA) is 32.3 Å². The molecule has 0 bridgehead atoms. The van der Waals surface area contributed by atoms with Crippen molar-refractivity contribution in [1.29, 1.82) is 0 Å². The Bertz CT molecular complexity index is 795. The van der Waals surface area contributed by atoms with Gasteiger partial charge in [-0.05, 0) is 43.9 Å². The zero-order valence-corrected chi connectivity index (χ0v) is 14.4. The number of amides is 1. The van der Waals surface area contributed by atoms with Gasteiger partial charge in [-0.25, -0.2) is 0 Å². The van der Waals surface area contributed by atoms with Crippen LogP contribution in [0, 0.1) is 0 Å². The lowest BCUT2D eigenvalue weighted by Gasteiger charge is -2.16. The van der Waals surface area contributed by atoms with Crippen molar-refractivity contribution in [2.75, 3.05) is 19.4 Å². The molecule has 0 unspecified atom stereocenters. The Balaban J connectivity index is 2.42. The molecule has 0 saturated carbocycles. The van der Waals surface area contributed by atoms with E-state index in [9.17, 15) is 31.1 Å². The van der Waals surface area contributed by atoms with Crippen molar-refractivity contribution in [3.05, 3.63) is 64.7 Å². The molecule has 0 aliphatic heterocycles. The number of halogens is 6. The second-order valence-corrected chi connectivity index (χ2v) is 6.14. The first kappa shape index (κ1) is 20.8. The van der Waals surface area contributed by atoms with Gasteiger partial charge in [0.2, 0.25) is 0 Å². The van der Waals surface area contributed by atoms with Crippen LogP contribution in [0.1, 0.15) is 27.0 Å². The summed E-state index contributed by atoms with van der Waals surface area (Å²) in [5.74, 6) is -1.06. The summed E-state index contributed by atoms with van der Waals surface area (Å²) >= 11 is 0. The molecule has 1 N–H and O–H groups in total. The minimum Gasteiger partial charge on any atom is -0.322 e. The Labute approximate surface area is 151 Å². The summed E-state index contributed by atoms with van der Waals surface area (Å²) in [4.78, 5) is 14.2. The minimum absolute atomic E-state index is 0.0171. The summed E-state index contributed by atoms with van der Waals surface area (Å²) in [5, 5.41) is 2.39. The fraction of sp³-hybridized carbons (Fsp3) is 0.278. The van der Waals surface area contributed by atoms with Crippen LogP contribution in [0.15, 0.2) is 42.5 Å². The van der Waals surface area contributed by atoms with Gasteiger partial charge in [0.05, 0.1) is 11.1 Å². The van der Waals surface area contributed by atoms with Crippen molar-refractivity contribution in [2.24, 2.45) is 0 Å². The molecule has 0 atom stereocenters. The Kier molecular flexibility index (Phi) is 5.84. The van der Waals surface area contributed by atoms with Crippen molar-refractivity contribution in [3.63, 3.8) is 0 Å². The maximum Gasteiger partial charge on any atom is 0.416 e. The highest BCUT2D eigenvalue weighted by Crippen LogP contribution is 2.36. The van der Waals surface area contributed by atoms with Gasteiger partial charge in [0, 0.05) is 17.8 Å². The number of nitrogens with one attached hydrogen (secondary N) is 1. The molecule has 3 nitrogen and oxygen atoms in total. The maximum absolute atomic E-state index is 12.9. The molecule has 27 heavy (non-hydrogen) atoms. The van der Waals surface area contributed by atoms with Crippen LogP contribution >= 0.6 is 0 Å². The number of carbonyl (C=O) groups excluding carboxylic acids is 1. The second kappa shape index (κ2) is 7.59. The van der Waals surface area contributed by atoms with E-state index in [0.717, 1.165) is 0 Å². The van der Waals surface area contributed by atoms with Gasteiger partial charge in [0.1, 0.15) is 0 Å². The molecule has 2 aromatic rings. The molecule has 1 amide bonds. The molecular formula is C18H16F6N2O. The molecule has 9 heteroatoms. The summed E-state index contributed by atoms with van der Waals surface area (Å²) in [6, 6.07) is 7.31. The lowest BCUT2D eigenvalue weighted by molar-refractivity contribution is -0.143. The number of rotatable bonds is 4. The van der Waals surface area contributed by atoms with Crippen molar-refractivity contribution in [1.82, 2.24) is 4.90 Å². The SMILES string of the molecule is CN(C)Cc1ccccc1NC(=O)c1cc(C(F)(F)F)cc(C(F)(F)F)c1. The third-order valence-electron chi connectivity index (χ3n) is 3.60. The van der Waals surface area contributed by atoms with E-state index >= 15 is 0 Å². The largest absolute Gasteiger partial charge is 0.416 e. The predicted octanol–water partition coefficient (Wildman–Crippen LogP) is 5.04. The van der Waals surface area contributed by atoms with E-state index < -0.39 is 35.0 Å². The zero-order valence-electron chi connectivity index (χ0n) is 14.4. The average molecular weight is 390 g/mol. The fourth-order valence-corrected chi connectivity index (χ4v) is 2.40. The van der Waals surface area contributed by atoms with Gasteiger partial charge in [0.25, 0.3) is 5.91 Å². The highest BCUT2D eigenvalue weighted by atomic mass is 19.4. The minimum atomic E-state index is -5.01. The molecule has 0 radical (unpaired) electrons. The Morgan fingerprint density at radius 2 is 1.44 bits per heavy atom. The van der Waals surface area contributed by atoms with Crippen LogP contribution in [-0.4, -0.2) is 24.9 Å². The number of para-hydroxylation sites is 1. The van der Waals surface area contributed by atoms with Gasteiger partial charge < -0.3 is 10.2 Å². The molecule has 0 heterocycles. The summed E-state index contributed by atoms with van der Waals surface area (Å²) in [6.07, 6.45) is -10.0. The van der Waals surface area contributed by atoms with Gasteiger partial charge >= 0.3 is 12.4 Å². The summed E-state index contributed by atoms with van der Waals surface area (Å²) in [5.41, 5.74) is -2.83. The first-order chi connectivity index (χ1) is 12.4. The first-order valence-corrected chi connectivity index (χ1v) is 7.71. The van der Waals surface area contributed by atoms with Gasteiger partial charge in [-0.15, -0.1) is 0 Å². The molecule has 0 aliphatic rings. The van der Waals surface area contributed by atoms with E-state index in [1.807, 2.05) is 0 Å². The molecule has 2 rings (SSSR count). The van der Waals surface area contributed by atoms with Crippen LogP contribution in [0.3, 0.4) is 0 Å². The van der Waals surface area contributed by atoms with E-state index in [1.54, 1.807) is 37.2 Å². The smallest absolute Gasteiger partial charge is 0.322 e. The van der Waals surface area contributed by atoms with Crippen LogP contribution in [0.5, 0.6) is 0 Å². The van der Waals surface area contributed by atoms with Crippen molar-refractivity contribution in [2.45, 2.75) is 18.9 Å². The summed E-state index contributed by atoms with van der Waals surface area (Å²) < 4.78 is 77.6. The molecule has 0 spiro atoms. The summed E-state index contributed by atoms with van der Waals surface area (Å²) in [6.45, 7) is 0.423. The zero-order chi connectivity index (χ0) is 20.4. The third-order valence-corrected chi connectivity index (χ3v) is 3.60. The van der Waals surface area contributed by atoms with E-state index in [2.05, 4.69) is 5.32 Å². The predicted molar refractivity (Wildman–Crippen MR) is 88.2 cm³/mol. The number of hydrogen-bond acceptors (Lipinski definition) is 2. The molecular weight excluding hydrogens is 374 g/mol. The van der Waals surface area contributed by atoms with Gasteiger partial charge in [-0.3, -0.25) is 4.79 Å². The first-order valence-electron chi connectivity index (χ1n) is 7.71. The highest BCUT2D eigenvalue weighted by Gasteiger charge is 2.37. The van der Waals surface area contributed by atoms with E-state index in [-0.39, 0.29) is 6.07 Å². The molecule has 146 valence electrons. The number of anilines is 1. The fourth-order valence-electron chi connectivity index (χ4n) is 2.40. The Hall–Kier alpha value is -2.55. The third kappa shape index (κ3) is 5.46. The standard InChI is InChI=1S/C18H16F6N2O/c1-26(2)10-11-5-3-4-6-15(11)25-16(27)12-7-13(17(19,20)21)9-14(8-12)18(22,23)24/h3-9H,10H2,1-2H3,(H,25,27). The van der Waals surface area contributed by atoms with Crippen molar-refractivity contribution < 1.29 is 31.1 Å². The Morgan fingerprint density at radius 3 is 1.93 bits per heavy atom. The van der Waals surface area contributed by atoms with Gasteiger partial charge in [-0.1, -0.05) is 18.2 Å². The lowest BCUT2D eigenvalue weighted by atomic mass is 10.0. The van der Waals surface area contributed by atoms with Gasteiger partial charge in [0.15, 0.2) is 0 Å². The monoisotopic (exact) mass is 390 g/mol. The number of hydrogen-bond donors (Lipinski definition) is 1. The van der Waals surface area contributed by atoms with E-state index in [0.29, 0.717) is 29.9 Å². The quantitative estimate of drug-likeness (QED) is 0.742. The van der Waals surface area contributed by atoms with Crippen LogP contribution in [0.4, 0.5) is 32.0 Å². The molecule has 0 aliphatic carbocycles. The summed E-state index contributed by atoms with van der Waals surface area (Å²) in [7, 11) is 3.56. The highest BCUT2D eigenvalue weighted by molar-refractivity contribution is 6.05. The molecule has 2 aromatic carbocycles. The van der Waals surface area contributed by atoms with Crippen LogP contribution in [0.25, 0.3) is 0 Å². The number of carbonyl (C=O) groups is 1. The average Bonchev–Trinajstić information content (AvgIpc) is 2.54. The maximum atomic E-state index is 12.9. The Morgan fingerprint density at radius 1 is 0.926 bits per heavy atom. The van der Waals surface area contributed by atoms with Gasteiger partial charge in [-0.2, -0.15) is 26.3 Å². The molecule has 0 aromatic heterocycles. The van der Waals surface area contributed by atoms with E-state index in [1.165, 1.54) is 6.07 Å². The van der Waals surface area contributed by atoms with Crippen LogP contribution < -0.4 is 5.32 Å². The lowest BCUT2D eigenvalue weighted by Crippen LogP contribution is -2.19. The van der Waals surface area contributed by atoms with Crippen LogP contribution in [-0.2, 0) is 18.9 Å². The van der Waals surface area contributed by atoms with Crippen LogP contribution in [0.2, 0.25) is 0 Å². The second-order valence-electron chi connectivity index (χ2n) is 6.14. The normalized spacial score (nSPS) is 12.3. The number of nitrogens with zero attached hydrogens (tertiary/aromatic N) is 1. The molecule has 0 fully saturated rings. The number of benzene rings is 2. The van der Waals surface area contributed by atoms with Crippen molar-refractivity contribution >= 4 is 11.6 Å². The van der Waals surface area contributed by atoms with E-state index in [4.69, 9.17) is 0 Å². The number of alkyl halides is 6. The molecule has 0 saturated heterocycles.